The summed E-state index contributed by atoms with van der Waals surface area (Å²) in [6.07, 6.45) is 2.04. The van der Waals surface area contributed by atoms with E-state index >= 15 is 0 Å². The van der Waals surface area contributed by atoms with E-state index in [2.05, 4.69) is 10.3 Å². The molecule has 0 fully saturated rings. The minimum Gasteiger partial charge on any atom is -0.423 e. The largest absolute Gasteiger partial charge is 0.489 e. The summed E-state index contributed by atoms with van der Waals surface area (Å²) >= 11 is 6.04. The van der Waals surface area contributed by atoms with Crippen LogP contribution in [0.5, 0.6) is 0 Å². The van der Waals surface area contributed by atoms with Crippen LogP contribution in [0.25, 0.3) is 0 Å². The monoisotopic (exact) mass is 332 g/mol. The van der Waals surface area contributed by atoms with Crippen molar-refractivity contribution in [2.45, 2.75) is 13.0 Å². The zero-order chi connectivity index (χ0) is 17.0. The average molecular weight is 333 g/mol. The second kappa shape index (κ2) is 7.37. The normalized spacial score (nSPS) is 11.7. The summed E-state index contributed by atoms with van der Waals surface area (Å²) < 4.78 is 0. The van der Waals surface area contributed by atoms with Crippen LogP contribution in [0.1, 0.15) is 39.4 Å². The zero-order valence-electron chi connectivity index (χ0n) is 12.2. The van der Waals surface area contributed by atoms with Crippen molar-refractivity contribution in [2.24, 2.45) is 0 Å². The van der Waals surface area contributed by atoms with Gasteiger partial charge in [-0.2, -0.15) is 0 Å². The van der Waals surface area contributed by atoms with Gasteiger partial charge in [-0.25, -0.2) is 0 Å². The van der Waals surface area contributed by atoms with Gasteiger partial charge in [0.2, 0.25) is 0 Å². The molecule has 23 heavy (non-hydrogen) atoms. The average Bonchev–Trinajstić information content (AvgIpc) is 2.54. The van der Waals surface area contributed by atoms with E-state index in [1.807, 2.05) is 0 Å². The summed E-state index contributed by atoms with van der Waals surface area (Å²) in [6, 6.07) is 6.96. The maximum Gasteiger partial charge on any atom is 0.489 e. The molecule has 0 saturated heterocycles. The first-order valence-electron chi connectivity index (χ1n) is 6.80. The summed E-state index contributed by atoms with van der Waals surface area (Å²) in [5.74, 6) is -0.429. The quantitative estimate of drug-likeness (QED) is 0.553. The van der Waals surface area contributed by atoms with Gasteiger partial charge in [-0.3, -0.25) is 14.6 Å². The summed E-state index contributed by atoms with van der Waals surface area (Å²) in [4.78, 5) is 27.4. The van der Waals surface area contributed by atoms with Crippen LogP contribution in [0.4, 0.5) is 0 Å². The third kappa shape index (κ3) is 3.95. The van der Waals surface area contributed by atoms with Crippen molar-refractivity contribution in [3.05, 3.63) is 58.4 Å². The number of hydrogen-bond acceptors (Lipinski definition) is 5. The number of hydrogen-bond donors (Lipinski definition) is 3. The highest BCUT2D eigenvalue weighted by Crippen LogP contribution is 2.20. The van der Waals surface area contributed by atoms with Crippen molar-refractivity contribution >= 4 is 36.4 Å². The number of aromatic nitrogens is 1. The Labute approximate surface area is 138 Å². The van der Waals surface area contributed by atoms with Gasteiger partial charge < -0.3 is 15.4 Å². The van der Waals surface area contributed by atoms with E-state index in [1.165, 1.54) is 18.2 Å². The number of nitrogens with zero attached hydrogens (tertiary/aromatic N) is 1. The summed E-state index contributed by atoms with van der Waals surface area (Å²) in [5, 5.41) is 21.5. The molecule has 0 aliphatic heterocycles. The van der Waals surface area contributed by atoms with E-state index in [0.29, 0.717) is 17.0 Å². The molecular weight excluding hydrogens is 318 g/mol. The number of nitrogens with one attached hydrogen (secondary N) is 1. The molecule has 2 rings (SSSR count). The SMILES string of the molecule is CC(NC(=O)c1ccc(B(O)O)c(C=O)c1)c1ncccc1Cl. The topological polar surface area (TPSA) is 99.5 Å². The maximum absolute atomic E-state index is 12.3. The third-order valence-corrected chi connectivity index (χ3v) is 3.62. The van der Waals surface area contributed by atoms with Gasteiger partial charge in [-0.15, -0.1) is 0 Å². The van der Waals surface area contributed by atoms with Crippen molar-refractivity contribution in [1.82, 2.24) is 10.3 Å². The molecule has 0 saturated carbocycles. The Hall–Kier alpha value is -2.22. The highest BCUT2D eigenvalue weighted by molar-refractivity contribution is 6.60. The van der Waals surface area contributed by atoms with Crippen LogP contribution in [0.15, 0.2) is 36.5 Å². The minimum absolute atomic E-state index is 0.0381. The highest BCUT2D eigenvalue weighted by atomic mass is 35.5. The molecular formula is C15H14BClN2O4. The standard InChI is InChI=1S/C15H14BClN2O4/c1-9(14-13(17)3-2-6-18-14)19-15(21)10-4-5-12(16(22)23)11(7-10)8-20/h2-9,22-23H,1H3,(H,19,21). The molecule has 0 aliphatic rings. The predicted octanol–water partition coefficient (Wildman–Crippen LogP) is 0.718. The predicted molar refractivity (Wildman–Crippen MR) is 86.8 cm³/mol. The number of carbonyl (C=O) groups excluding carboxylic acids is 2. The molecule has 1 amide bonds. The summed E-state index contributed by atoms with van der Waals surface area (Å²) in [5.41, 5.74) is 0.824. The van der Waals surface area contributed by atoms with Gasteiger partial charge >= 0.3 is 7.12 Å². The van der Waals surface area contributed by atoms with E-state index in [9.17, 15) is 9.59 Å². The third-order valence-electron chi connectivity index (χ3n) is 3.30. The van der Waals surface area contributed by atoms with Gasteiger partial charge in [0, 0.05) is 17.3 Å². The van der Waals surface area contributed by atoms with Crippen LogP contribution < -0.4 is 10.8 Å². The molecule has 0 bridgehead atoms. The lowest BCUT2D eigenvalue weighted by Gasteiger charge is -2.15. The second-order valence-electron chi connectivity index (χ2n) is 4.90. The number of carbonyl (C=O) groups is 2. The lowest BCUT2D eigenvalue weighted by atomic mass is 9.77. The molecule has 2 aromatic rings. The Morgan fingerprint density at radius 2 is 2.13 bits per heavy atom. The Bertz CT molecular complexity index is 739. The van der Waals surface area contributed by atoms with Crippen LogP contribution in [0.2, 0.25) is 5.02 Å². The fourth-order valence-electron chi connectivity index (χ4n) is 2.12. The Morgan fingerprint density at radius 3 is 2.74 bits per heavy atom. The van der Waals surface area contributed by atoms with E-state index in [1.54, 1.807) is 25.3 Å². The fourth-order valence-corrected chi connectivity index (χ4v) is 2.40. The maximum atomic E-state index is 12.3. The number of benzene rings is 1. The smallest absolute Gasteiger partial charge is 0.423 e. The van der Waals surface area contributed by atoms with Crippen molar-refractivity contribution in [3.8, 4) is 0 Å². The van der Waals surface area contributed by atoms with E-state index in [4.69, 9.17) is 21.6 Å². The van der Waals surface area contributed by atoms with Crippen LogP contribution in [-0.2, 0) is 0 Å². The van der Waals surface area contributed by atoms with Gasteiger partial charge in [-0.1, -0.05) is 17.7 Å². The Morgan fingerprint density at radius 1 is 1.39 bits per heavy atom. The molecule has 1 aromatic carbocycles. The minimum atomic E-state index is -1.78. The van der Waals surface area contributed by atoms with Crippen LogP contribution in [0, 0.1) is 0 Å². The fraction of sp³-hybridized carbons (Fsp3) is 0.133. The van der Waals surface area contributed by atoms with E-state index < -0.39 is 19.1 Å². The lowest BCUT2D eigenvalue weighted by molar-refractivity contribution is 0.0939. The van der Waals surface area contributed by atoms with Crippen molar-refractivity contribution < 1.29 is 19.6 Å². The van der Waals surface area contributed by atoms with Gasteiger partial charge in [0.05, 0.1) is 16.8 Å². The second-order valence-corrected chi connectivity index (χ2v) is 5.31. The number of pyridine rings is 1. The molecule has 1 atom stereocenters. The molecule has 0 spiro atoms. The number of amides is 1. The molecule has 1 unspecified atom stereocenters. The van der Waals surface area contributed by atoms with E-state index in [-0.39, 0.29) is 16.6 Å². The first kappa shape index (κ1) is 17.1. The van der Waals surface area contributed by atoms with Gasteiger partial charge in [-0.05, 0) is 36.7 Å². The Kier molecular flexibility index (Phi) is 5.49. The van der Waals surface area contributed by atoms with Gasteiger partial charge in [0.1, 0.15) is 6.29 Å². The first-order chi connectivity index (χ1) is 10.9. The van der Waals surface area contributed by atoms with Crippen molar-refractivity contribution in [1.29, 1.82) is 0 Å². The van der Waals surface area contributed by atoms with Crippen LogP contribution >= 0.6 is 11.6 Å². The lowest BCUT2D eigenvalue weighted by Crippen LogP contribution is -2.34. The molecule has 3 N–H and O–H groups in total. The van der Waals surface area contributed by atoms with Crippen molar-refractivity contribution in [3.63, 3.8) is 0 Å². The number of aldehydes is 1. The highest BCUT2D eigenvalue weighted by Gasteiger charge is 2.19. The van der Waals surface area contributed by atoms with Crippen molar-refractivity contribution in [2.75, 3.05) is 0 Å². The Balaban J connectivity index is 2.21. The van der Waals surface area contributed by atoms with Gasteiger partial charge in [0.25, 0.3) is 5.91 Å². The molecule has 0 radical (unpaired) electrons. The van der Waals surface area contributed by atoms with Crippen LogP contribution in [0.3, 0.4) is 0 Å². The summed E-state index contributed by atoms with van der Waals surface area (Å²) in [6.45, 7) is 1.73. The number of halogens is 1. The molecule has 8 heteroatoms. The summed E-state index contributed by atoms with van der Waals surface area (Å²) in [7, 11) is -1.78. The molecule has 1 heterocycles. The zero-order valence-corrected chi connectivity index (χ0v) is 13.0. The molecule has 0 aliphatic carbocycles. The molecule has 1 aromatic heterocycles. The molecule has 118 valence electrons. The molecule has 6 nitrogen and oxygen atoms in total. The van der Waals surface area contributed by atoms with Gasteiger partial charge in [0.15, 0.2) is 0 Å². The van der Waals surface area contributed by atoms with E-state index in [0.717, 1.165) is 0 Å². The number of rotatable bonds is 5. The first-order valence-corrected chi connectivity index (χ1v) is 7.18. The van der Waals surface area contributed by atoms with Crippen LogP contribution in [-0.4, -0.2) is 34.3 Å².